The summed E-state index contributed by atoms with van der Waals surface area (Å²) in [5.41, 5.74) is 2.01. The van der Waals surface area contributed by atoms with E-state index in [-0.39, 0.29) is 9.68 Å². The second-order valence-corrected chi connectivity index (χ2v) is 7.41. The van der Waals surface area contributed by atoms with Gasteiger partial charge in [0.25, 0.3) is 0 Å². The number of phenols is 1. The van der Waals surface area contributed by atoms with Crippen molar-refractivity contribution in [3.05, 3.63) is 29.3 Å². The minimum Gasteiger partial charge on any atom is -0.507 e. The zero-order valence-electron chi connectivity index (χ0n) is 14.5. The number of nitrogens with zero attached hydrogens (tertiary/aromatic N) is 2. The van der Waals surface area contributed by atoms with Crippen LogP contribution in [0.3, 0.4) is 0 Å². The lowest BCUT2D eigenvalue weighted by Crippen LogP contribution is -2.00. The van der Waals surface area contributed by atoms with E-state index >= 15 is 0 Å². The summed E-state index contributed by atoms with van der Waals surface area (Å²) in [6, 6.07) is 7.30. The van der Waals surface area contributed by atoms with Gasteiger partial charge in [-0.25, -0.2) is 9.89 Å². The molecular weight excluding hydrogens is 288 g/mol. The van der Waals surface area contributed by atoms with Crippen molar-refractivity contribution in [3.63, 3.8) is 0 Å². The highest BCUT2D eigenvalue weighted by atomic mass is 28.2. The molecule has 1 aromatic carbocycles. The number of unbranched alkanes of at least 4 members (excludes halogenated alkanes) is 2. The van der Waals surface area contributed by atoms with E-state index in [1.807, 2.05) is 12.1 Å². The maximum Gasteiger partial charge on any atom is 0.178 e. The highest BCUT2D eigenvalue weighted by molar-refractivity contribution is 6.32. The molecule has 22 heavy (non-hydrogen) atoms. The van der Waals surface area contributed by atoms with E-state index in [0.29, 0.717) is 18.2 Å². The Morgan fingerprint density at radius 1 is 1.14 bits per heavy atom. The minimum absolute atomic E-state index is 0.384. The predicted molar refractivity (Wildman–Crippen MR) is 97.5 cm³/mol. The molecule has 1 rings (SSSR count). The number of rotatable bonds is 11. The Morgan fingerprint density at radius 3 is 2.64 bits per heavy atom. The Hall–Kier alpha value is -1.16. The first kappa shape index (κ1) is 18.9. The third-order valence-electron chi connectivity index (χ3n) is 4.19. The van der Waals surface area contributed by atoms with Gasteiger partial charge in [0.15, 0.2) is 9.68 Å². The molecule has 1 aromatic rings. The molecular formula is C18H32N2OSi. The first-order chi connectivity index (χ1) is 10.7. The van der Waals surface area contributed by atoms with Gasteiger partial charge in [-0.1, -0.05) is 64.7 Å². The molecule has 0 spiro atoms. The summed E-state index contributed by atoms with van der Waals surface area (Å²) in [5, 5.41) is 14.8. The molecule has 0 aromatic heterocycles. The summed E-state index contributed by atoms with van der Waals surface area (Å²) in [4.78, 5) is 0. The monoisotopic (exact) mass is 320 g/mol. The van der Waals surface area contributed by atoms with Crippen molar-refractivity contribution in [2.75, 3.05) is 0 Å². The van der Waals surface area contributed by atoms with E-state index in [9.17, 15) is 5.11 Å². The van der Waals surface area contributed by atoms with Gasteiger partial charge in [0.1, 0.15) is 5.75 Å². The standard InChI is InChI=1S/C18H32N2OSi/c1-4-7-8-10-15(6-3)17-12-9-11-16(18(17)21)14-19-20-22-13-5-2/h9,11-12,15,21H,4-8,10,13-14,22H2,1-3H3/b20-19-. The average Bonchev–Trinajstić information content (AvgIpc) is 2.53. The summed E-state index contributed by atoms with van der Waals surface area (Å²) in [6.07, 6.45) is 7.18. The highest BCUT2D eigenvalue weighted by Gasteiger charge is 2.15. The third-order valence-corrected chi connectivity index (χ3v) is 5.62. The smallest absolute Gasteiger partial charge is 0.178 e. The van der Waals surface area contributed by atoms with Crippen molar-refractivity contribution in [1.29, 1.82) is 0 Å². The molecule has 0 saturated carbocycles. The molecule has 0 aliphatic heterocycles. The number of phenolic OH excluding ortho intramolecular Hbond substituents is 1. The van der Waals surface area contributed by atoms with E-state index in [1.165, 1.54) is 31.7 Å². The molecule has 0 aliphatic rings. The van der Waals surface area contributed by atoms with Crippen LogP contribution in [0.2, 0.25) is 6.04 Å². The van der Waals surface area contributed by atoms with Crippen LogP contribution in [-0.4, -0.2) is 14.8 Å². The Balaban J connectivity index is 2.71. The molecule has 0 heterocycles. The predicted octanol–water partition coefficient (Wildman–Crippen LogP) is 5.33. The summed E-state index contributed by atoms with van der Waals surface area (Å²) in [7, 11) is -0.384. The third kappa shape index (κ3) is 6.30. The zero-order chi connectivity index (χ0) is 16.2. The molecule has 4 heteroatoms. The van der Waals surface area contributed by atoms with Crippen LogP contribution >= 0.6 is 0 Å². The van der Waals surface area contributed by atoms with E-state index in [1.54, 1.807) is 0 Å². The Kier molecular flexibility index (Phi) is 9.79. The van der Waals surface area contributed by atoms with Gasteiger partial charge in [-0.15, -0.1) is 0 Å². The number of hydrogen-bond acceptors (Lipinski definition) is 3. The minimum atomic E-state index is -0.384. The van der Waals surface area contributed by atoms with Crippen LogP contribution in [-0.2, 0) is 6.54 Å². The first-order valence-corrected chi connectivity index (χ1v) is 10.5. The Morgan fingerprint density at radius 2 is 1.95 bits per heavy atom. The maximum atomic E-state index is 10.6. The van der Waals surface area contributed by atoms with E-state index in [2.05, 4.69) is 36.7 Å². The largest absolute Gasteiger partial charge is 0.507 e. The fourth-order valence-electron chi connectivity index (χ4n) is 2.71. The number of para-hydroxylation sites is 1. The number of hydrogen-bond donors (Lipinski definition) is 1. The summed E-state index contributed by atoms with van der Waals surface area (Å²) in [5.74, 6) is 0.903. The van der Waals surface area contributed by atoms with Crippen molar-refractivity contribution in [3.8, 4) is 5.75 Å². The van der Waals surface area contributed by atoms with Crippen LogP contribution in [0.15, 0.2) is 28.1 Å². The summed E-state index contributed by atoms with van der Waals surface area (Å²) in [6.45, 7) is 7.13. The van der Waals surface area contributed by atoms with E-state index in [0.717, 1.165) is 24.0 Å². The van der Waals surface area contributed by atoms with Crippen molar-refractivity contribution in [1.82, 2.24) is 0 Å². The van der Waals surface area contributed by atoms with Gasteiger partial charge in [0.2, 0.25) is 0 Å². The van der Waals surface area contributed by atoms with Gasteiger partial charge in [-0.05, 0) is 30.4 Å². The molecule has 0 aliphatic carbocycles. The van der Waals surface area contributed by atoms with Crippen molar-refractivity contribution >= 4 is 9.68 Å². The molecule has 0 bridgehead atoms. The zero-order valence-corrected chi connectivity index (χ0v) is 15.9. The lowest BCUT2D eigenvalue weighted by atomic mass is 9.89. The van der Waals surface area contributed by atoms with Crippen LogP contribution in [0.1, 0.15) is 76.3 Å². The number of aromatic hydroxyl groups is 1. The quantitative estimate of drug-likeness (QED) is 0.334. The van der Waals surface area contributed by atoms with Crippen LogP contribution in [0.5, 0.6) is 5.75 Å². The lowest BCUT2D eigenvalue weighted by molar-refractivity contribution is 0.445. The van der Waals surface area contributed by atoms with Gasteiger partial charge in [0, 0.05) is 5.56 Å². The fourth-order valence-corrected chi connectivity index (χ4v) is 3.41. The van der Waals surface area contributed by atoms with Gasteiger partial charge in [-0.3, -0.25) is 0 Å². The van der Waals surface area contributed by atoms with E-state index in [4.69, 9.17) is 0 Å². The van der Waals surface area contributed by atoms with Crippen LogP contribution in [0, 0.1) is 0 Å². The summed E-state index contributed by atoms with van der Waals surface area (Å²) < 4.78 is 4.31. The first-order valence-electron chi connectivity index (χ1n) is 8.88. The molecule has 3 nitrogen and oxygen atoms in total. The molecule has 0 amide bonds. The highest BCUT2D eigenvalue weighted by Crippen LogP contribution is 2.34. The summed E-state index contributed by atoms with van der Waals surface area (Å²) >= 11 is 0. The molecule has 1 N–H and O–H groups in total. The second-order valence-electron chi connectivity index (χ2n) is 5.97. The second kappa shape index (κ2) is 11.4. The fraction of sp³-hybridized carbons (Fsp3) is 0.667. The molecule has 0 saturated heterocycles. The van der Waals surface area contributed by atoms with Gasteiger partial charge >= 0.3 is 0 Å². The number of benzene rings is 1. The van der Waals surface area contributed by atoms with Crippen molar-refractivity contribution in [2.45, 2.75) is 77.8 Å². The van der Waals surface area contributed by atoms with Crippen molar-refractivity contribution < 1.29 is 5.11 Å². The van der Waals surface area contributed by atoms with Gasteiger partial charge in [0.05, 0.1) is 6.54 Å². The van der Waals surface area contributed by atoms with Crippen LogP contribution in [0.25, 0.3) is 0 Å². The Bertz CT molecular complexity index is 449. The van der Waals surface area contributed by atoms with Gasteiger partial charge < -0.3 is 5.11 Å². The maximum absolute atomic E-state index is 10.6. The molecule has 0 fully saturated rings. The lowest BCUT2D eigenvalue weighted by Gasteiger charge is -2.18. The van der Waals surface area contributed by atoms with Crippen molar-refractivity contribution in [2.24, 2.45) is 9.89 Å². The van der Waals surface area contributed by atoms with Crippen LogP contribution in [0.4, 0.5) is 0 Å². The topological polar surface area (TPSA) is 45.0 Å². The molecule has 1 atom stereocenters. The van der Waals surface area contributed by atoms with Gasteiger partial charge in [-0.2, -0.15) is 0 Å². The van der Waals surface area contributed by atoms with E-state index < -0.39 is 0 Å². The average molecular weight is 321 g/mol. The Labute approximate surface area is 138 Å². The molecule has 124 valence electrons. The SMILES string of the molecule is CCCCCC(CC)c1cccc(C/N=N\[SiH2]CCC)c1O. The molecule has 1 unspecified atom stereocenters. The molecule has 0 radical (unpaired) electrons. The normalized spacial score (nSPS) is 13.4. The van der Waals surface area contributed by atoms with Crippen LogP contribution < -0.4 is 0 Å².